The van der Waals surface area contributed by atoms with Crippen LogP contribution >= 0.6 is 11.3 Å². The molecule has 0 fully saturated rings. The lowest BCUT2D eigenvalue weighted by Gasteiger charge is -2.15. The van der Waals surface area contributed by atoms with Gasteiger partial charge in [-0.3, -0.25) is 0 Å². The number of aliphatic hydroxyl groups is 1. The summed E-state index contributed by atoms with van der Waals surface area (Å²) in [4.78, 5) is -0.143. The summed E-state index contributed by atoms with van der Waals surface area (Å²) in [7, 11) is -4.05. The van der Waals surface area contributed by atoms with Gasteiger partial charge in [-0.05, 0) is 48.6 Å². The van der Waals surface area contributed by atoms with Crippen molar-refractivity contribution in [2.75, 3.05) is 6.01 Å². The first kappa shape index (κ1) is 16.5. The second kappa shape index (κ2) is 6.09. The van der Waals surface area contributed by atoms with Crippen LogP contribution in [0, 0.1) is 0 Å². The molecular formula is C18H15FO4S2. The van der Waals surface area contributed by atoms with Crippen LogP contribution in [0.5, 0.6) is 11.5 Å². The zero-order valence-corrected chi connectivity index (χ0v) is 14.7. The predicted molar refractivity (Wildman–Crippen MR) is 94.8 cm³/mol. The Morgan fingerprint density at radius 1 is 1.20 bits per heavy atom. The standard InChI is InChI=1S/C18H15FO4S2/c19-10-25(21,22)17-7-6-15(12-4-5-13(20)18(12)17)23-14-2-1-3-16-11(14)8-9-24-16/h1-3,6-9,13,20H,4-5,10H2. The Hall–Kier alpha value is -1.96. The van der Waals surface area contributed by atoms with Crippen molar-refractivity contribution in [2.24, 2.45) is 0 Å². The number of hydrogen-bond donors (Lipinski definition) is 1. The Bertz CT molecular complexity index is 1060. The number of alkyl halides is 1. The third kappa shape index (κ3) is 2.72. The normalized spacial score (nSPS) is 17.0. The monoisotopic (exact) mass is 378 g/mol. The number of halogens is 1. The highest BCUT2D eigenvalue weighted by atomic mass is 32.2. The number of benzene rings is 2. The molecule has 1 unspecified atom stereocenters. The highest BCUT2D eigenvalue weighted by Gasteiger charge is 2.32. The van der Waals surface area contributed by atoms with E-state index in [-0.39, 0.29) is 10.5 Å². The molecule has 0 bridgehead atoms. The summed E-state index contributed by atoms with van der Waals surface area (Å²) >= 11 is 1.61. The summed E-state index contributed by atoms with van der Waals surface area (Å²) in [6, 6.07) is 9.09. The van der Waals surface area contributed by atoms with Crippen LogP contribution in [0.1, 0.15) is 23.7 Å². The number of fused-ring (bicyclic) bond motifs is 2. The van der Waals surface area contributed by atoms with E-state index in [2.05, 4.69) is 0 Å². The minimum atomic E-state index is -4.05. The molecule has 4 nitrogen and oxygen atoms in total. The lowest BCUT2D eigenvalue weighted by Crippen LogP contribution is -2.09. The molecule has 7 heteroatoms. The van der Waals surface area contributed by atoms with Gasteiger partial charge in [-0.15, -0.1) is 11.3 Å². The summed E-state index contributed by atoms with van der Waals surface area (Å²) in [5.41, 5.74) is 0.905. The number of hydrogen-bond acceptors (Lipinski definition) is 5. The maximum atomic E-state index is 12.9. The molecule has 0 amide bonds. The maximum absolute atomic E-state index is 12.9. The topological polar surface area (TPSA) is 63.6 Å². The molecule has 3 aromatic rings. The van der Waals surface area contributed by atoms with Crippen LogP contribution in [-0.4, -0.2) is 19.5 Å². The Morgan fingerprint density at radius 3 is 2.84 bits per heavy atom. The van der Waals surface area contributed by atoms with E-state index in [0.717, 1.165) is 10.1 Å². The zero-order valence-electron chi connectivity index (χ0n) is 13.1. The molecule has 130 valence electrons. The van der Waals surface area contributed by atoms with Crippen molar-refractivity contribution in [3.05, 3.63) is 52.9 Å². The number of ether oxygens (including phenoxy) is 1. The molecule has 0 radical (unpaired) electrons. The van der Waals surface area contributed by atoms with Crippen LogP contribution < -0.4 is 4.74 Å². The van der Waals surface area contributed by atoms with E-state index >= 15 is 0 Å². The van der Waals surface area contributed by atoms with Gasteiger partial charge in [-0.25, -0.2) is 12.8 Å². The van der Waals surface area contributed by atoms with E-state index in [1.165, 1.54) is 6.07 Å². The van der Waals surface area contributed by atoms with Crippen LogP contribution in [0.4, 0.5) is 4.39 Å². The Morgan fingerprint density at radius 2 is 2.04 bits per heavy atom. The summed E-state index contributed by atoms with van der Waals surface area (Å²) in [5, 5.41) is 13.2. The van der Waals surface area contributed by atoms with E-state index in [9.17, 15) is 17.9 Å². The van der Waals surface area contributed by atoms with E-state index in [4.69, 9.17) is 4.74 Å². The van der Waals surface area contributed by atoms with Crippen molar-refractivity contribution in [3.63, 3.8) is 0 Å². The number of aliphatic hydroxyl groups excluding tert-OH is 1. The molecule has 0 aliphatic heterocycles. The summed E-state index contributed by atoms with van der Waals surface area (Å²) in [6.07, 6.45) is -0.0411. The molecule has 0 spiro atoms. The number of sulfone groups is 1. The highest BCUT2D eigenvalue weighted by molar-refractivity contribution is 7.91. The van der Waals surface area contributed by atoms with Gasteiger partial charge in [0.2, 0.25) is 9.84 Å². The third-order valence-corrected chi connectivity index (χ3v) is 6.63. The first-order chi connectivity index (χ1) is 12.0. The van der Waals surface area contributed by atoms with Gasteiger partial charge in [-0.1, -0.05) is 6.07 Å². The quantitative estimate of drug-likeness (QED) is 0.732. The van der Waals surface area contributed by atoms with Gasteiger partial charge in [0.25, 0.3) is 0 Å². The van der Waals surface area contributed by atoms with Crippen LogP contribution in [-0.2, 0) is 16.3 Å². The minimum Gasteiger partial charge on any atom is -0.456 e. The fourth-order valence-electron chi connectivity index (χ4n) is 3.27. The van der Waals surface area contributed by atoms with E-state index in [1.807, 2.05) is 29.6 Å². The third-order valence-electron chi connectivity index (χ3n) is 4.43. The molecular weight excluding hydrogens is 363 g/mol. The lowest BCUT2D eigenvalue weighted by atomic mass is 10.1. The highest BCUT2D eigenvalue weighted by Crippen LogP contribution is 2.43. The van der Waals surface area contributed by atoms with Crippen molar-refractivity contribution in [1.82, 2.24) is 0 Å². The molecule has 0 saturated heterocycles. The van der Waals surface area contributed by atoms with Crippen LogP contribution in [0.25, 0.3) is 10.1 Å². The Labute approximate surface area is 148 Å². The molecule has 4 rings (SSSR count). The Kier molecular flexibility index (Phi) is 4.02. The molecule has 1 aliphatic rings. The molecule has 1 heterocycles. The summed E-state index contributed by atoms with van der Waals surface area (Å²) in [5.74, 6) is 1.17. The van der Waals surface area contributed by atoms with Gasteiger partial charge >= 0.3 is 0 Å². The second-order valence-corrected chi connectivity index (χ2v) is 8.76. The molecule has 1 N–H and O–H groups in total. The minimum absolute atomic E-state index is 0.143. The second-order valence-electron chi connectivity index (χ2n) is 5.92. The van der Waals surface area contributed by atoms with E-state index in [0.29, 0.717) is 29.9 Å². The SMILES string of the molecule is O=S(=O)(CF)c1ccc(Oc2cccc3sccc23)c2c1C(O)CC2. The molecule has 1 atom stereocenters. The lowest BCUT2D eigenvalue weighted by molar-refractivity contribution is 0.177. The summed E-state index contributed by atoms with van der Waals surface area (Å²) < 4.78 is 44.1. The molecule has 1 aromatic heterocycles. The van der Waals surface area contributed by atoms with Gasteiger partial charge in [0.15, 0.2) is 6.01 Å². The van der Waals surface area contributed by atoms with Crippen molar-refractivity contribution < 1.29 is 22.7 Å². The van der Waals surface area contributed by atoms with Gasteiger partial charge < -0.3 is 9.84 Å². The average molecular weight is 378 g/mol. The van der Waals surface area contributed by atoms with Crippen molar-refractivity contribution in [3.8, 4) is 11.5 Å². The first-order valence-corrected chi connectivity index (χ1v) is 10.3. The first-order valence-electron chi connectivity index (χ1n) is 7.78. The van der Waals surface area contributed by atoms with Gasteiger partial charge in [0, 0.05) is 21.2 Å². The van der Waals surface area contributed by atoms with Crippen molar-refractivity contribution >= 4 is 31.3 Å². The van der Waals surface area contributed by atoms with Crippen LogP contribution in [0.15, 0.2) is 46.7 Å². The number of rotatable bonds is 4. The van der Waals surface area contributed by atoms with E-state index in [1.54, 1.807) is 17.4 Å². The van der Waals surface area contributed by atoms with Crippen LogP contribution in [0.3, 0.4) is 0 Å². The summed E-state index contributed by atoms with van der Waals surface area (Å²) in [6.45, 7) is 0. The molecule has 2 aromatic carbocycles. The van der Waals surface area contributed by atoms with E-state index < -0.39 is 21.9 Å². The average Bonchev–Trinajstić information content (AvgIpc) is 3.23. The fraction of sp³-hybridized carbons (Fsp3) is 0.222. The van der Waals surface area contributed by atoms with Gasteiger partial charge in [0.05, 0.1) is 11.0 Å². The maximum Gasteiger partial charge on any atom is 0.207 e. The van der Waals surface area contributed by atoms with Gasteiger partial charge in [0.1, 0.15) is 11.5 Å². The predicted octanol–water partition coefficient (Wildman–Crippen LogP) is 4.37. The fourth-order valence-corrected chi connectivity index (χ4v) is 5.06. The molecule has 0 saturated carbocycles. The van der Waals surface area contributed by atoms with Crippen molar-refractivity contribution in [2.45, 2.75) is 23.8 Å². The van der Waals surface area contributed by atoms with Gasteiger partial charge in [-0.2, -0.15) is 0 Å². The molecule has 25 heavy (non-hydrogen) atoms. The number of thiophene rings is 1. The zero-order chi connectivity index (χ0) is 17.6. The Balaban J connectivity index is 1.84. The van der Waals surface area contributed by atoms with Crippen LogP contribution in [0.2, 0.25) is 0 Å². The molecule has 1 aliphatic carbocycles. The largest absolute Gasteiger partial charge is 0.456 e. The smallest absolute Gasteiger partial charge is 0.207 e. The van der Waals surface area contributed by atoms with Crippen molar-refractivity contribution in [1.29, 1.82) is 0 Å².